The summed E-state index contributed by atoms with van der Waals surface area (Å²) >= 11 is 0. The molecule has 1 aromatic carbocycles. The Hall–Kier alpha value is -3.08. The first-order chi connectivity index (χ1) is 11.6. The third-order valence-electron chi connectivity index (χ3n) is 3.82. The number of rotatable bonds is 5. The lowest BCUT2D eigenvalue weighted by atomic mass is 9.94. The zero-order valence-electron chi connectivity index (χ0n) is 13.4. The standard InChI is InChI=1S/C19H18N4O/c1-13-11-15(8-10-21-13)17-6-4-16(18-3-2-9-22-23-18)12-14(17)5-7-19(20)24/h2-4,6,8-12H,5,7H2,1H3,(H2,20,24). The maximum atomic E-state index is 11.2. The lowest BCUT2D eigenvalue weighted by Gasteiger charge is -2.12. The van der Waals surface area contributed by atoms with Crippen LogP contribution in [0.2, 0.25) is 0 Å². The number of nitrogens with zero attached hydrogens (tertiary/aromatic N) is 3. The largest absolute Gasteiger partial charge is 0.370 e. The van der Waals surface area contributed by atoms with Crippen molar-refractivity contribution in [1.82, 2.24) is 15.2 Å². The summed E-state index contributed by atoms with van der Waals surface area (Å²) in [7, 11) is 0. The fourth-order valence-electron chi connectivity index (χ4n) is 2.67. The Morgan fingerprint density at radius 1 is 1.08 bits per heavy atom. The quantitative estimate of drug-likeness (QED) is 0.784. The summed E-state index contributed by atoms with van der Waals surface area (Å²) < 4.78 is 0. The Morgan fingerprint density at radius 2 is 1.96 bits per heavy atom. The average Bonchev–Trinajstić information content (AvgIpc) is 2.60. The monoisotopic (exact) mass is 318 g/mol. The van der Waals surface area contributed by atoms with Crippen molar-refractivity contribution in [2.75, 3.05) is 0 Å². The Morgan fingerprint density at radius 3 is 2.67 bits per heavy atom. The van der Waals surface area contributed by atoms with Crippen molar-refractivity contribution in [1.29, 1.82) is 0 Å². The predicted octanol–water partition coefficient (Wildman–Crippen LogP) is 2.93. The third-order valence-corrected chi connectivity index (χ3v) is 3.82. The van der Waals surface area contributed by atoms with Crippen LogP contribution in [0.3, 0.4) is 0 Å². The molecular formula is C19H18N4O. The van der Waals surface area contributed by atoms with E-state index in [4.69, 9.17) is 5.73 Å². The number of aromatic nitrogens is 3. The van der Waals surface area contributed by atoms with Crippen LogP contribution >= 0.6 is 0 Å². The van der Waals surface area contributed by atoms with Crippen molar-refractivity contribution in [2.24, 2.45) is 5.73 Å². The van der Waals surface area contributed by atoms with E-state index in [9.17, 15) is 4.79 Å². The van der Waals surface area contributed by atoms with Gasteiger partial charge in [-0.25, -0.2) is 0 Å². The predicted molar refractivity (Wildman–Crippen MR) is 93.0 cm³/mol. The van der Waals surface area contributed by atoms with Gasteiger partial charge in [0, 0.05) is 30.1 Å². The molecule has 2 heterocycles. The molecule has 0 unspecified atom stereocenters. The third kappa shape index (κ3) is 3.63. The molecule has 0 aliphatic carbocycles. The molecular weight excluding hydrogens is 300 g/mol. The molecule has 0 spiro atoms. The zero-order chi connectivity index (χ0) is 16.9. The molecule has 0 saturated heterocycles. The first-order valence-corrected chi connectivity index (χ1v) is 7.76. The van der Waals surface area contributed by atoms with Gasteiger partial charge in [-0.15, -0.1) is 0 Å². The van der Waals surface area contributed by atoms with Gasteiger partial charge in [0.05, 0.1) is 5.69 Å². The Bertz CT molecular complexity index is 862. The molecule has 1 amide bonds. The number of carbonyl (C=O) groups is 1. The highest BCUT2D eigenvalue weighted by Gasteiger charge is 2.10. The van der Waals surface area contributed by atoms with Crippen molar-refractivity contribution in [3.63, 3.8) is 0 Å². The Kier molecular flexibility index (Phi) is 4.61. The van der Waals surface area contributed by atoms with Gasteiger partial charge in [0.15, 0.2) is 0 Å². The van der Waals surface area contributed by atoms with E-state index in [-0.39, 0.29) is 5.91 Å². The molecule has 0 aliphatic heterocycles. The SMILES string of the molecule is Cc1cc(-c2ccc(-c3cccnn3)cc2CCC(N)=O)ccn1. The molecule has 120 valence electrons. The van der Waals surface area contributed by atoms with E-state index in [0.29, 0.717) is 12.8 Å². The summed E-state index contributed by atoms with van der Waals surface area (Å²) in [4.78, 5) is 15.5. The molecule has 5 nitrogen and oxygen atoms in total. The second kappa shape index (κ2) is 7.00. The van der Waals surface area contributed by atoms with Crippen LogP contribution in [0.5, 0.6) is 0 Å². The highest BCUT2D eigenvalue weighted by Crippen LogP contribution is 2.29. The molecule has 0 saturated carbocycles. The first-order valence-electron chi connectivity index (χ1n) is 7.76. The number of pyridine rings is 1. The van der Waals surface area contributed by atoms with Crippen LogP contribution in [0.1, 0.15) is 17.7 Å². The van der Waals surface area contributed by atoms with Crippen molar-refractivity contribution in [2.45, 2.75) is 19.8 Å². The number of aryl methyl sites for hydroxylation is 2. The molecule has 24 heavy (non-hydrogen) atoms. The topological polar surface area (TPSA) is 81.8 Å². The van der Waals surface area contributed by atoms with E-state index in [1.807, 2.05) is 37.3 Å². The second-order valence-corrected chi connectivity index (χ2v) is 5.63. The van der Waals surface area contributed by atoms with E-state index in [1.54, 1.807) is 12.4 Å². The van der Waals surface area contributed by atoms with Gasteiger partial charge in [0.1, 0.15) is 0 Å². The molecule has 0 atom stereocenters. The van der Waals surface area contributed by atoms with Gasteiger partial charge >= 0.3 is 0 Å². The molecule has 0 radical (unpaired) electrons. The number of carbonyl (C=O) groups excluding carboxylic acids is 1. The maximum Gasteiger partial charge on any atom is 0.217 e. The number of amides is 1. The highest BCUT2D eigenvalue weighted by molar-refractivity contribution is 5.76. The summed E-state index contributed by atoms with van der Waals surface area (Å²) in [5.74, 6) is -0.309. The summed E-state index contributed by atoms with van der Waals surface area (Å²) in [5, 5.41) is 8.07. The van der Waals surface area contributed by atoms with Crippen molar-refractivity contribution >= 4 is 5.91 Å². The van der Waals surface area contributed by atoms with Gasteiger partial charge in [0.25, 0.3) is 0 Å². The Balaban J connectivity index is 2.06. The molecule has 3 rings (SSSR count). The van der Waals surface area contributed by atoms with Gasteiger partial charge in [-0.05, 0) is 60.4 Å². The van der Waals surface area contributed by atoms with Crippen LogP contribution in [0.4, 0.5) is 0 Å². The molecule has 5 heteroatoms. The van der Waals surface area contributed by atoms with E-state index in [1.165, 1.54) is 0 Å². The minimum absolute atomic E-state index is 0.307. The lowest BCUT2D eigenvalue weighted by molar-refractivity contribution is -0.117. The molecule has 0 aliphatic rings. The highest BCUT2D eigenvalue weighted by atomic mass is 16.1. The number of primary amides is 1. The second-order valence-electron chi connectivity index (χ2n) is 5.63. The van der Waals surface area contributed by atoms with E-state index >= 15 is 0 Å². The summed E-state index contributed by atoms with van der Waals surface area (Å²) in [6.45, 7) is 1.96. The normalized spacial score (nSPS) is 10.5. The molecule has 0 fully saturated rings. The van der Waals surface area contributed by atoms with Crippen LogP contribution in [-0.2, 0) is 11.2 Å². The van der Waals surface area contributed by atoms with Gasteiger partial charge in [0.2, 0.25) is 5.91 Å². The molecule has 3 aromatic rings. The first kappa shape index (κ1) is 15.8. The number of nitrogens with two attached hydrogens (primary N) is 1. The number of benzene rings is 1. The fourth-order valence-corrected chi connectivity index (χ4v) is 2.67. The van der Waals surface area contributed by atoms with Crippen LogP contribution < -0.4 is 5.73 Å². The summed E-state index contributed by atoms with van der Waals surface area (Å²) in [6, 6.07) is 13.9. The minimum Gasteiger partial charge on any atom is -0.370 e. The summed E-state index contributed by atoms with van der Waals surface area (Å²) in [5.41, 5.74) is 11.3. The van der Waals surface area contributed by atoms with Gasteiger partial charge in [-0.2, -0.15) is 10.2 Å². The van der Waals surface area contributed by atoms with Crippen LogP contribution in [0.15, 0.2) is 54.9 Å². The van der Waals surface area contributed by atoms with Crippen molar-refractivity contribution in [3.05, 3.63) is 66.1 Å². The smallest absolute Gasteiger partial charge is 0.217 e. The van der Waals surface area contributed by atoms with E-state index in [2.05, 4.69) is 27.3 Å². The lowest BCUT2D eigenvalue weighted by Crippen LogP contribution is -2.11. The number of hydrogen-bond donors (Lipinski definition) is 1. The number of hydrogen-bond acceptors (Lipinski definition) is 4. The Labute approximate surface area is 140 Å². The average molecular weight is 318 g/mol. The molecule has 2 N–H and O–H groups in total. The van der Waals surface area contributed by atoms with Crippen molar-refractivity contribution < 1.29 is 4.79 Å². The van der Waals surface area contributed by atoms with Crippen LogP contribution in [-0.4, -0.2) is 21.1 Å². The fraction of sp³-hybridized carbons (Fsp3) is 0.158. The summed E-state index contributed by atoms with van der Waals surface area (Å²) in [6.07, 6.45) is 4.33. The minimum atomic E-state index is -0.309. The van der Waals surface area contributed by atoms with Crippen LogP contribution in [0, 0.1) is 6.92 Å². The van der Waals surface area contributed by atoms with Gasteiger partial charge in [-0.3, -0.25) is 9.78 Å². The van der Waals surface area contributed by atoms with E-state index < -0.39 is 0 Å². The molecule has 2 aromatic heterocycles. The van der Waals surface area contributed by atoms with Gasteiger partial charge < -0.3 is 5.73 Å². The van der Waals surface area contributed by atoms with Gasteiger partial charge in [-0.1, -0.05) is 12.1 Å². The maximum absolute atomic E-state index is 11.2. The van der Waals surface area contributed by atoms with Crippen molar-refractivity contribution in [3.8, 4) is 22.4 Å². The molecule has 0 bridgehead atoms. The zero-order valence-corrected chi connectivity index (χ0v) is 13.4. The van der Waals surface area contributed by atoms with E-state index in [0.717, 1.165) is 33.6 Å². The van der Waals surface area contributed by atoms with Crippen LogP contribution in [0.25, 0.3) is 22.4 Å².